The van der Waals surface area contributed by atoms with E-state index in [1.807, 2.05) is 18.2 Å². The first kappa shape index (κ1) is 20.5. The van der Waals surface area contributed by atoms with Gasteiger partial charge in [-0.2, -0.15) is 0 Å². The van der Waals surface area contributed by atoms with Gasteiger partial charge in [0.15, 0.2) is 0 Å². The molecule has 0 bridgehead atoms. The van der Waals surface area contributed by atoms with Gasteiger partial charge < -0.3 is 14.5 Å². The van der Waals surface area contributed by atoms with Gasteiger partial charge in [0.2, 0.25) is 0 Å². The molecule has 0 saturated carbocycles. The number of para-hydroxylation sites is 1. The van der Waals surface area contributed by atoms with Gasteiger partial charge in [0.25, 0.3) is 0 Å². The van der Waals surface area contributed by atoms with E-state index in [1.54, 1.807) is 0 Å². The van der Waals surface area contributed by atoms with Crippen LogP contribution in [0.1, 0.15) is 12.7 Å². The fourth-order valence-electron chi connectivity index (χ4n) is 4.50. The standard InChI is InChI=1S/C24H28ClN5O/c1-18-16-30(20-5-3-2-4-6-20)10-9-29(18)17-23-26-22-15-19(25)7-8-21(22)24(27-23)28-11-13-31-14-12-28/h2-8,15,18H,9-14,16-17H2,1H3. The van der Waals surface area contributed by atoms with Crippen LogP contribution in [0.3, 0.4) is 0 Å². The summed E-state index contributed by atoms with van der Waals surface area (Å²) in [6, 6.07) is 17.0. The zero-order valence-corrected chi connectivity index (χ0v) is 18.6. The Morgan fingerprint density at radius 2 is 1.77 bits per heavy atom. The van der Waals surface area contributed by atoms with Crippen molar-refractivity contribution in [3.63, 3.8) is 0 Å². The minimum Gasteiger partial charge on any atom is -0.378 e. The Morgan fingerprint density at radius 3 is 2.55 bits per heavy atom. The number of anilines is 2. The molecule has 2 saturated heterocycles. The highest BCUT2D eigenvalue weighted by Crippen LogP contribution is 2.28. The van der Waals surface area contributed by atoms with Crippen molar-refractivity contribution in [1.29, 1.82) is 0 Å². The number of rotatable bonds is 4. The van der Waals surface area contributed by atoms with Crippen molar-refractivity contribution in [2.45, 2.75) is 19.5 Å². The summed E-state index contributed by atoms with van der Waals surface area (Å²) in [5.41, 5.74) is 2.20. The SMILES string of the molecule is CC1CN(c2ccccc2)CCN1Cc1nc(N2CCOCC2)c2ccc(Cl)cc2n1. The first-order valence-corrected chi connectivity index (χ1v) is 11.4. The van der Waals surface area contributed by atoms with Gasteiger partial charge in [-0.25, -0.2) is 9.97 Å². The number of halogens is 1. The molecule has 2 aliphatic rings. The summed E-state index contributed by atoms with van der Waals surface area (Å²) in [5.74, 6) is 1.85. The molecular formula is C24H28ClN5O. The maximum Gasteiger partial charge on any atom is 0.145 e. The third-order valence-corrected chi connectivity index (χ3v) is 6.46. The molecule has 31 heavy (non-hydrogen) atoms. The van der Waals surface area contributed by atoms with E-state index in [9.17, 15) is 0 Å². The molecule has 0 N–H and O–H groups in total. The second-order valence-corrected chi connectivity index (χ2v) is 8.76. The van der Waals surface area contributed by atoms with Crippen LogP contribution in [0.4, 0.5) is 11.5 Å². The van der Waals surface area contributed by atoms with Crippen LogP contribution in [0.5, 0.6) is 0 Å². The monoisotopic (exact) mass is 437 g/mol. The Labute approximate surface area is 188 Å². The lowest BCUT2D eigenvalue weighted by Crippen LogP contribution is -2.51. The normalized spacial score (nSPS) is 20.4. The highest BCUT2D eigenvalue weighted by molar-refractivity contribution is 6.31. The quantitative estimate of drug-likeness (QED) is 0.618. The smallest absolute Gasteiger partial charge is 0.145 e. The van der Waals surface area contributed by atoms with Crippen LogP contribution in [0, 0.1) is 0 Å². The molecule has 0 amide bonds. The van der Waals surface area contributed by atoms with Gasteiger partial charge in [0.05, 0.1) is 25.3 Å². The molecule has 1 atom stereocenters. The summed E-state index contributed by atoms with van der Waals surface area (Å²) >= 11 is 6.29. The molecule has 5 rings (SSSR count). The molecule has 162 valence electrons. The predicted octanol–water partition coefficient (Wildman–Crippen LogP) is 3.83. The number of benzene rings is 2. The fraction of sp³-hybridized carbons (Fsp3) is 0.417. The van der Waals surface area contributed by atoms with Crippen LogP contribution in [0.25, 0.3) is 10.9 Å². The van der Waals surface area contributed by atoms with E-state index in [1.165, 1.54) is 5.69 Å². The summed E-state index contributed by atoms with van der Waals surface area (Å²) in [7, 11) is 0. The molecule has 0 aliphatic carbocycles. The van der Waals surface area contributed by atoms with Gasteiger partial charge in [-0.05, 0) is 37.3 Å². The van der Waals surface area contributed by atoms with Crippen LogP contribution in [-0.2, 0) is 11.3 Å². The molecule has 6 nitrogen and oxygen atoms in total. The Balaban J connectivity index is 1.39. The maximum atomic E-state index is 6.29. The van der Waals surface area contributed by atoms with E-state index in [0.717, 1.165) is 75.0 Å². The minimum absolute atomic E-state index is 0.416. The summed E-state index contributed by atoms with van der Waals surface area (Å²) in [6.45, 7) is 9.17. The zero-order chi connectivity index (χ0) is 21.2. The lowest BCUT2D eigenvalue weighted by atomic mass is 10.1. The van der Waals surface area contributed by atoms with Gasteiger partial charge in [-0.15, -0.1) is 0 Å². The van der Waals surface area contributed by atoms with Crippen molar-refractivity contribution in [3.8, 4) is 0 Å². The van der Waals surface area contributed by atoms with Crippen LogP contribution in [0.2, 0.25) is 5.02 Å². The number of nitrogens with zero attached hydrogens (tertiary/aromatic N) is 5. The lowest BCUT2D eigenvalue weighted by Gasteiger charge is -2.40. The molecule has 1 unspecified atom stereocenters. The van der Waals surface area contributed by atoms with E-state index < -0.39 is 0 Å². The van der Waals surface area contributed by atoms with Gasteiger partial charge in [-0.1, -0.05) is 29.8 Å². The molecular weight excluding hydrogens is 410 g/mol. The zero-order valence-electron chi connectivity index (χ0n) is 17.9. The molecule has 2 aliphatic heterocycles. The van der Waals surface area contributed by atoms with E-state index in [4.69, 9.17) is 26.3 Å². The topological polar surface area (TPSA) is 44.7 Å². The molecule has 2 fully saturated rings. The second-order valence-electron chi connectivity index (χ2n) is 8.33. The minimum atomic E-state index is 0.416. The van der Waals surface area contributed by atoms with Crippen LogP contribution in [-0.4, -0.2) is 66.8 Å². The summed E-state index contributed by atoms with van der Waals surface area (Å²) in [6.07, 6.45) is 0. The van der Waals surface area contributed by atoms with Crippen molar-refractivity contribution >= 4 is 34.0 Å². The molecule has 2 aromatic carbocycles. The van der Waals surface area contributed by atoms with Crippen molar-refractivity contribution in [1.82, 2.24) is 14.9 Å². The van der Waals surface area contributed by atoms with Gasteiger partial charge in [0.1, 0.15) is 11.6 Å². The van der Waals surface area contributed by atoms with Crippen molar-refractivity contribution in [3.05, 3.63) is 59.4 Å². The Morgan fingerprint density at radius 1 is 0.968 bits per heavy atom. The van der Waals surface area contributed by atoms with E-state index in [-0.39, 0.29) is 0 Å². The van der Waals surface area contributed by atoms with Crippen LogP contribution < -0.4 is 9.80 Å². The van der Waals surface area contributed by atoms with Gasteiger partial charge >= 0.3 is 0 Å². The number of ether oxygens (including phenoxy) is 1. The molecule has 0 radical (unpaired) electrons. The summed E-state index contributed by atoms with van der Waals surface area (Å²) in [5, 5.41) is 1.76. The number of fused-ring (bicyclic) bond motifs is 1. The first-order valence-electron chi connectivity index (χ1n) is 11.0. The summed E-state index contributed by atoms with van der Waals surface area (Å²) < 4.78 is 5.55. The summed E-state index contributed by atoms with van der Waals surface area (Å²) in [4.78, 5) is 17.2. The van der Waals surface area contributed by atoms with Gasteiger partial charge in [0, 0.05) is 54.9 Å². The van der Waals surface area contributed by atoms with E-state index in [2.05, 4.69) is 52.0 Å². The van der Waals surface area contributed by atoms with Crippen LogP contribution in [0.15, 0.2) is 48.5 Å². The second kappa shape index (κ2) is 8.99. The van der Waals surface area contributed by atoms with Crippen molar-refractivity contribution in [2.75, 3.05) is 55.7 Å². The molecule has 3 heterocycles. The van der Waals surface area contributed by atoms with E-state index >= 15 is 0 Å². The number of piperazine rings is 1. The number of hydrogen-bond acceptors (Lipinski definition) is 6. The Kier molecular flexibility index (Phi) is 5.94. The largest absolute Gasteiger partial charge is 0.378 e. The highest BCUT2D eigenvalue weighted by atomic mass is 35.5. The number of aromatic nitrogens is 2. The van der Waals surface area contributed by atoms with E-state index in [0.29, 0.717) is 11.1 Å². The van der Waals surface area contributed by atoms with Crippen molar-refractivity contribution < 1.29 is 4.74 Å². The van der Waals surface area contributed by atoms with Crippen LogP contribution >= 0.6 is 11.6 Å². The number of hydrogen-bond donors (Lipinski definition) is 0. The molecule has 0 spiro atoms. The van der Waals surface area contributed by atoms with Gasteiger partial charge in [-0.3, -0.25) is 4.90 Å². The molecule has 1 aromatic heterocycles. The highest BCUT2D eigenvalue weighted by Gasteiger charge is 2.25. The maximum absolute atomic E-state index is 6.29. The third kappa shape index (κ3) is 4.47. The Hall–Kier alpha value is -2.41. The predicted molar refractivity (Wildman–Crippen MR) is 126 cm³/mol. The fourth-order valence-corrected chi connectivity index (χ4v) is 4.67. The number of morpholine rings is 1. The third-order valence-electron chi connectivity index (χ3n) is 6.23. The molecule has 3 aromatic rings. The van der Waals surface area contributed by atoms with Crippen molar-refractivity contribution in [2.24, 2.45) is 0 Å². The lowest BCUT2D eigenvalue weighted by molar-refractivity contribution is 0.122. The average Bonchev–Trinajstić information content (AvgIpc) is 2.81. The first-order chi connectivity index (χ1) is 15.2. The average molecular weight is 438 g/mol. The Bertz CT molecular complexity index is 1040. The molecule has 7 heteroatoms.